The third-order valence-corrected chi connectivity index (χ3v) is 2.85. The normalized spacial score (nSPS) is 11.0. The van der Waals surface area contributed by atoms with E-state index in [1.807, 2.05) is 0 Å². The fourth-order valence-corrected chi connectivity index (χ4v) is 2.03. The maximum atomic E-state index is 11.5. The molecule has 0 unspecified atom stereocenters. The number of fused-ring (bicyclic) bond motifs is 1. The first-order valence-corrected chi connectivity index (χ1v) is 5.77. The van der Waals surface area contributed by atoms with E-state index < -0.39 is 0 Å². The molecule has 0 fully saturated rings. The fraction of sp³-hybridized carbons (Fsp3) is 0.100. The molecule has 0 saturated heterocycles. The largest absolute Gasteiger partial charge is 0.387 e. The summed E-state index contributed by atoms with van der Waals surface area (Å²) < 4.78 is 3.02. The molecule has 9 heteroatoms. The Morgan fingerprint density at radius 2 is 2.32 bits per heavy atom. The van der Waals surface area contributed by atoms with Crippen molar-refractivity contribution in [3.05, 3.63) is 40.6 Å². The topological polar surface area (TPSA) is 107 Å². The maximum Gasteiger partial charge on any atom is 0.349 e. The number of rotatable bonds is 2. The van der Waals surface area contributed by atoms with Gasteiger partial charge in [-0.1, -0.05) is 12.2 Å². The zero-order chi connectivity index (χ0) is 13.6. The Morgan fingerprint density at radius 1 is 1.53 bits per heavy atom. The molecular weight excluding hydrogens is 266 g/mol. The van der Waals surface area contributed by atoms with Gasteiger partial charge < -0.3 is 5.73 Å². The standard InChI is InChI=1S/C10H9N7OS/c1-5-13-6(4-7-14-15-10(18)17(5)7)16-3-2-12-9(16)8(11)19/h2-4H,1H3,(H2,11,19)(H,15,18). The number of nitrogens with one attached hydrogen (secondary N) is 1. The molecule has 0 amide bonds. The monoisotopic (exact) mass is 275 g/mol. The summed E-state index contributed by atoms with van der Waals surface area (Å²) in [6, 6.07) is 1.65. The van der Waals surface area contributed by atoms with E-state index in [0.29, 0.717) is 23.1 Å². The van der Waals surface area contributed by atoms with Crippen LogP contribution in [0, 0.1) is 6.92 Å². The van der Waals surface area contributed by atoms with Gasteiger partial charge in [0.2, 0.25) is 0 Å². The van der Waals surface area contributed by atoms with E-state index in [1.54, 1.807) is 30.0 Å². The van der Waals surface area contributed by atoms with E-state index in [2.05, 4.69) is 20.2 Å². The highest BCUT2D eigenvalue weighted by molar-refractivity contribution is 7.80. The number of aromatic amines is 1. The molecule has 3 heterocycles. The highest BCUT2D eigenvalue weighted by Gasteiger charge is 2.12. The molecule has 0 aliphatic heterocycles. The van der Waals surface area contributed by atoms with Gasteiger partial charge in [0.15, 0.2) is 11.5 Å². The quantitative estimate of drug-likeness (QED) is 0.613. The smallest absolute Gasteiger partial charge is 0.349 e. The number of nitrogens with zero attached hydrogens (tertiary/aromatic N) is 5. The van der Waals surface area contributed by atoms with E-state index in [9.17, 15) is 4.79 Å². The molecule has 3 aromatic rings. The molecule has 0 radical (unpaired) electrons. The van der Waals surface area contributed by atoms with Gasteiger partial charge in [0.05, 0.1) is 0 Å². The van der Waals surface area contributed by atoms with Crippen LogP contribution in [0.4, 0.5) is 0 Å². The van der Waals surface area contributed by atoms with Gasteiger partial charge in [-0.15, -0.1) is 0 Å². The minimum absolute atomic E-state index is 0.170. The van der Waals surface area contributed by atoms with Crippen molar-refractivity contribution >= 4 is 22.9 Å². The lowest BCUT2D eigenvalue weighted by molar-refractivity contribution is 0.888. The number of nitrogens with two attached hydrogens (primary N) is 1. The predicted molar refractivity (Wildman–Crippen MR) is 71.4 cm³/mol. The highest BCUT2D eigenvalue weighted by atomic mass is 32.1. The minimum atomic E-state index is -0.327. The highest BCUT2D eigenvalue weighted by Crippen LogP contribution is 2.11. The summed E-state index contributed by atoms with van der Waals surface area (Å²) in [4.78, 5) is 20.1. The lowest BCUT2D eigenvalue weighted by Gasteiger charge is -2.07. The SMILES string of the molecule is Cc1nc(-n2ccnc2C(N)=S)cc2n[nH]c(=O)n12. The first-order chi connectivity index (χ1) is 9.08. The maximum absolute atomic E-state index is 11.5. The number of thiocarbonyl (C=S) groups is 1. The molecule has 0 aliphatic rings. The summed E-state index contributed by atoms with van der Waals surface area (Å²) in [6.45, 7) is 1.71. The van der Waals surface area contributed by atoms with E-state index in [0.717, 1.165) is 0 Å². The van der Waals surface area contributed by atoms with Crippen molar-refractivity contribution in [1.82, 2.24) is 29.1 Å². The van der Waals surface area contributed by atoms with E-state index in [-0.39, 0.29) is 10.7 Å². The van der Waals surface area contributed by atoms with Crippen LogP contribution >= 0.6 is 12.2 Å². The van der Waals surface area contributed by atoms with Gasteiger partial charge >= 0.3 is 5.69 Å². The molecule has 0 spiro atoms. The summed E-state index contributed by atoms with van der Waals surface area (Å²) >= 11 is 4.93. The fourth-order valence-electron chi connectivity index (χ4n) is 1.88. The van der Waals surface area contributed by atoms with Crippen LogP contribution < -0.4 is 11.4 Å². The molecule has 0 atom stereocenters. The van der Waals surface area contributed by atoms with Crippen molar-refractivity contribution in [1.29, 1.82) is 0 Å². The molecule has 0 saturated carbocycles. The summed E-state index contributed by atoms with van der Waals surface area (Å²) in [5, 5.41) is 6.28. The van der Waals surface area contributed by atoms with Crippen molar-refractivity contribution in [2.45, 2.75) is 6.92 Å². The molecule has 3 N–H and O–H groups in total. The van der Waals surface area contributed by atoms with Crippen LogP contribution in [0.3, 0.4) is 0 Å². The summed E-state index contributed by atoms with van der Waals surface area (Å²) in [5.74, 6) is 1.49. The molecule has 0 aromatic carbocycles. The third-order valence-electron chi connectivity index (χ3n) is 2.66. The number of hydrogen-bond donors (Lipinski definition) is 2. The van der Waals surface area contributed by atoms with E-state index in [4.69, 9.17) is 18.0 Å². The van der Waals surface area contributed by atoms with Gasteiger partial charge in [-0.2, -0.15) is 5.10 Å². The summed E-state index contributed by atoms with van der Waals surface area (Å²) in [7, 11) is 0. The average molecular weight is 275 g/mol. The third kappa shape index (κ3) is 1.71. The number of imidazole rings is 1. The Balaban J connectivity index is 2.29. The van der Waals surface area contributed by atoms with E-state index >= 15 is 0 Å². The molecular formula is C10H9N7OS. The zero-order valence-corrected chi connectivity index (χ0v) is 10.7. The van der Waals surface area contributed by atoms with Gasteiger partial charge in [-0.3, -0.25) is 4.57 Å². The molecule has 3 aromatic heterocycles. The number of aromatic nitrogens is 6. The Hall–Kier alpha value is -2.55. The Labute approximate surface area is 111 Å². The number of H-pyrrole nitrogens is 1. The van der Waals surface area contributed by atoms with Crippen LogP contribution in [-0.4, -0.2) is 34.1 Å². The molecule has 96 valence electrons. The van der Waals surface area contributed by atoms with Crippen LogP contribution in [0.2, 0.25) is 0 Å². The lowest BCUT2D eigenvalue weighted by Crippen LogP contribution is -2.18. The number of aryl methyl sites for hydroxylation is 1. The van der Waals surface area contributed by atoms with Crippen molar-refractivity contribution < 1.29 is 0 Å². The van der Waals surface area contributed by atoms with Gasteiger partial charge in [0, 0.05) is 18.5 Å². The summed E-state index contributed by atoms with van der Waals surface area (Å²) in [5.41, 5.74) is 5.74. The van der Waals surface area contributed by atoms with Crippen molar-refractivity contribution in [2.75, 3.05) is 0 Å². The molecule has 3 rings (SSSR count). The molecule has 19 heavy (non-hydrogen) atoms. The first-order valence-electron chi connectivity index (χ1n) is 5.36. The van der Waals surface area contributed by atoms with Crippen molar-refractivity contribution in [3.8, 4) is 5.82 Å². The van der Waals surface area contributed by atoms with Crippen LogP contribution in [-0.2, 0) is 0 Å². The molecule has 0 bridgehead atoms. The second-order valence-corrected chi connectivity index (χ2v) is 4.31. The number of hydrogen-bond acceptors (Lipinski definition) is 5. The van der Waals surface area contributed by atoms with Gasteiger partial charge in [0.1, 0.15) is 16.6 Å². The Bertz CT molecular complexity index is 843. The summed E-state index contributed by atoms with van der Waals surface area (Å²) in [6.07, 6.45) is 3.27. The Morgan fingerprint density at radius 3 is 3.05 bits per heavy atom. The van der Waals surface area contributed by atoms with Crippen molar-refractivity contribution in [3.63, 3.8) is 0 Å². The second-order valence-electron chi connectivity index (χ2n) is 3.87. The second kappa shape index (κ2) is 3.99. The molecule has 8 nitrogen and oxygen atoms in total. The van der Waals surface area contributed by atoms with Crippen LogP contribution in [0.1, 0.15) is 11.6 Å². The predicted octanol–water partition coefficient (Wildman–Crippen LogP) is -0.454. The lowest BCUT2D eigenvalue weighted by atomic mass is 10.4. The van der Waals surface area contributed by atoms with Crippen LogP contribution in [0.25, 0.3) is 11.5 Å². The van der Waals surface area contributed by atoms with Crippen LogP contribution in [0.15, 0.2) is 23.3 Å². The van der Waals surface area contributed by atoms with Gasteiger partial charge in [0.25, 0.3) is 0 Å². The minimum Gasteiger partial charge on any atom is -0.387 e. The Kier molecular flexibility index (Phi) is 2.42. The van der Waals surface area contributed by atoms with E-state index in [1.165, 1.54) is 4.40 Å². The van der Waals surface area contributed by atoms with Crippen molar-refractivity contribution in [2.24, 2.45) is 5.73 Å². The first kappa shape index (κ1) is 11.5. The molecule has 0 aliphatic carbocycles. The van der Waals surface area contributed by atoms with Crippen LogP contribution in [0.5, 0.6) is 0 Å². The zero-order valence-electron chi connectivity index (χ0n) is 9.86. The average Bonchev–Trinajstić information content (AvgIpc) is 2.96. The van der Waals surface area contributed by atoms with Gasteiger partial charge in [-0.25, -0.2) is 24.3 Å². The van der Waals surface area contributed by atoms with Gasteiger partial charge in [-0.05, 0) is 6.92 Å².